The third kappa shape index (κ3) is 4.60. The van der Waals surface area contributed by atoms with Crippen LogP contribution < -0.4 is 10.9 Å². The molecular formula is C23H29N3O3S2. The van der Waals surface area contributed by atoms with Crippen LogP contribution in [0.2, 0.25) is 0 Å². The number of aryl methyl sites for hydroxylation is 2. The Balaban J connectivity index is 1.62. The molecule has 0 spiro atoms. The highest BCUT2D eigenvalue weighted by Gasteiger charge is 2.23. The molecule has 0 bridgehead atoms. The second-order valence-electron chi connectivity index (χ2n) is 8.16. The summed E-state index contributed by atoms with van der Waals surface area (Å²) in [7, 11) is 0. The first kappa shape index (κ1) is 22.1. The van der Waals surface area contributed by atoms with Gasteiger partial charge < -0.3 is 9.73 Å². The molecule has 1 aliphatic rings. The van der Waals surface area contributed by atoms with E-state index >= 15 is 0 Å². The minimum atomic E-state index is -0.205. The number of thiophene rings is 1. The topological polar surface area (TPSA) is 77.1 Å². The molecule has 2 unspecified atom stereocenters. The number of fused-ring (bicyclic) bond motifs is 3. The third-order valence-corrected chi connectivity index (χ3v) is 8.09. The lowest BCUT2D eigenvalue weighted by atomic mass is 10.1. The van der Waals surface area contributed by atoms with Gasteiger partial charge >= 0.3 is 0 Å². The van der Waals surface area contributed by atoms with Crippen molar-refractivity contribution in [3.05, 3.63) is 45.0 Å². The van der Waals surface area contributed by atoms with Crippen molar-refractivity contribution in [1.82, 2.24) is 14.9 Å². The fraction of sp³-hybridized carbons (Fsp3) is 0.522. The summed E-state index contributed by atoms with van der Waals surface area (Å²) in [5.41, 5.74) is 1.26. The van der Waals surface area contributed by atoms with Crippen LogP contribution in [-0.4, -0.2) is 21.2 Å². The molecule has 0 saturated heterocycles. The lowest BCUT2D eigenvalue weighted by molar-refractivity contribution is -0.119. The zero-order chi connectivity index (χ0) is 22.0. The van der Waals surface area contributed by atoms with Crippen molar-refractivity contribution in [1.29, 1.82) is 0 Å². The Morgan fingerprint density at radius 1 is 1.32 bits per heavy atom. The van der Waals surface area contributed by atoms with E-state index in [-0.39, 0.29) is 29.3 Å². The average molecular weight is 460 g/mol. The van der Waals surface area contributed by atoms with E-state index < -0.39 is 0 Å². The fourth-order valence-corrected chi connectivity index (χ4v) is 6.28. The van der Waals surface area contributed by atoms with Gasteiger partial charge in [-0.1, -0.05) is 25.1 Å². The highest BCUT2D eigenvalue weighted by Crippen LogP contribution is 2.34. The van der Waals surface area contributed by atoms with Gasteiger partial charge in [0, 0.05) is 10.9 Å². The number of hydrogen-bond acceptors (Lipinski definition) is 6. The molecule has 2 atom stereocenters. The van der Waals surface area contributed by atoms with Gasteiger partial charge in [0.25, 0.3) is 5.56 Å². The SMILES string of the molecule is CCC(C)n1c(SCC(=O)NC(C)c2ccco2)nc2sc3c(c2c1=O)CCCCC3. The number of aromatic nitrogens is 2. The first-order valence-corrected chi connectivity index (χ1v) is 12.8. The molecule has 1 amide bonds. The molecule has 0 aromatic carbocycles. The van der Waals surface area contributed by atoms with Crippen LogP contribution in [0.15, 0.2) is 32.8 Å². The minimum Gasteiger partial charge on any atom is -0.467 e. The van der Waals surface area contributed by atoms with E-state index in [2.05, 4.69) is 12.2 Å². The van der Waals surface area contributed by atoms with E-state index in [1.54, 1.807) is 28.2 Å². The van der Waals surface area contributed by atoms with E-state index in [9.17, 15) is 9.59 Å². The van der Waals surface area contributed by atoms with Gasteiger partial charge in [-0.2, -0.15) is 0 Å². The number of nitrogens with one attached hydrogen (secondary N) is 1. The van der Waals surface area contributed by atoms with Crippen LogP contribution in [0.4, 0.5) is 0 Å². The number of nitrogens with zero attached hydrogens (tertiary/aromatic N) is 2. The molecule has 1 aliphatic carbocycles. The van der Waals surface area contributed by atoms with Gasteiger partial charge in [-0.3, -0.25) is 14.2 Å². The van der Waals surface area contributed by atoms with Crippen molar-refractivity contribution in [2.75, 3.05) is 5.75 Å². The number of carbonyl (C=O) groups excluding carboxylic acids is 1. The zero-order valence-electron chi connectivity index (χ0n) is 18.3. The van der Waals surface area contributed by atoms with E-state index in [1.807, 2.05) is 19.9 Å². The molecule has 0 aliphatic heterocycles. The molecule has 166 valence electrons. The number of furan rings is 1. The van der Waals surface area contributed by atoms with Crippen LogP contribution in [0.3, 0.4) is 0 Å². The summed E-state index contributed by atoms with van der Waals surface area (Å²) in [4.78, 5) is 33.1. The first-order valence-electron chi connectivity index (χ1n) is 11.0. The molecule has 0 radical (unpaired) electrons. The Morgan fingerprint density at radius 3 is 2.87 bits per heavy atom. The van der Waals surface area contributed by atoms with E-state index in [1.165, 1.54) is 35.0 Å². The van der Waals surface area contributed by atoms with Crippen molar-refractivity contribution >= 4 is 39.2 Å². The van der Waals surface area contributed by atoms with Gasteiger partial charge in [0.2, 0.25) is 5.91 Å². The maximum atomic E-state index is 13.6. The van der Waals surface area contributed by atoms with Gasteiger partial charge in [-0.15, -0.1) is 11.3 Å². The highest BCUT2D eigenvalue weighted by atomic mass is 32.2. The summed E-state index contributed by atoms with van der Waals surface area (Å²) in [6, 6.07) is 3.47. The molecule has 1 N–H and O–H groups in total. The van der Waals surface area contributed by atoms with Crippen LogP contribution >= 0.6 is 23.1 Å². The predicted octanol–water partition coefficient (Wildman–Crippen LogP) is 5.26. The summed E-state index contributed by atoms with van der Waals surface area (Å²) in [5.74, 6) is 0.806. The van der Waals surface area contributed by atoms with Crippen molar-refractivity contribution in [2.45, 2.75) is 76.5 Å². The lowest BCUT2D eigenvalue weighted by Gasteiger charge is -2.18. The molecule has 31 heavy (non-hydrogen) atoms. The number of carbonyl (C=O) groups is 1. The van der Waals surface area contributed by atoms with Crippen LogP contribution in [0.1, 0.15) is 74.7 Å². The number of hydrogen-bond donors (Lipinski definition) is 1. The third-order valence-electron chi connectivity index (χ3n) is 5.95. The predicted molar refractivity (Wildman–Crippen MR) is 126 cm³/mol. The molecule has 0 fully saturated rings. The normalized spacial score (nSPS) is 16.0. The second-order valence-corrected chi connectivity index (χ2v) is 10.2. The van der Waals surface area contributed by atoms with Crippen LogP contribution in [-0.2, 0) is 17.6 Å². The van der Waals surface area contributed by atoms with Gasteiger partial charge in [-0.25, -0.2) is 4.98 Å². The van der Waals surface area contributed by atoms with Crippen molar-refractivity contribution in [3.8, 4) is 0 Å². The van der Waals surface area contributed by atoms with Crippen LogP contribution in [0.25, 0.3) is 10.2 Å². The second kappa shape index (κ2) is 9.61. The summed E-state index contributed by atoms with van der Waals surface area (Å²) in [6.07, 6.45) is 7.95. The Kier molecular flexibility index (Phi) is 6.86. The van der Waals surface area contributed by atoms with Gasteiger partial charge in [-0.05, 0) is 63.6 Å². The smallest absolute Gasteiger partial charge is 0.263 e. The maximum absolute atomic E-state index is 13.6. The molecular weight excluding hydrogens is 430 g/mol. The summed E-state index contributed by atoms with van der Waals surface area (Å²) >= 11 is 2.99. The molecule has 3 heterocycles. The highest BCUT2D eigenvalue weighted by molar-refractivity contribution is 7.99. The quantitative estimate of drug-likeness (QED) is 0.296. The average Bonchev–Trinajstić information content (AvgIpc) is 3.35. The molecule has 3 aromatic rings. The number of amides is 1. The van der Waals surface area contributed by atoms with Crippen LogP contribution in [0.5, 0.6) is 0 Å². The fourth-order valence-electron chi connectivity index (χ4n) is 4.07. The van der Waals surface area contributed by atoms with Crippen molar-refractivity contribution in [2.24, 2.45) is 0 Å². The first-order chi connectivity index (χ1) is 15.0. The van der Waals surface area contributed by atoms with Gasteiger partial charge in [0.05, 0.1) is 23.4 Å². The zero-order valence-corrected chi connectivity index (χ0v) is 19.9. The van der Waals surface area contributed by atoms with Crippen molar-refractivity contribution in [3.63, 3.8) is 0 Å². The molecule has 3 aromatic heterocycles. The Hall–Kier alpha value is -2.06. The monoisotopic (exact) mass is 459 g/mol. The molecule has 6 nitrogen and oxygen atoms in total. The van der Waals surface area contributed by atoms with E-state index in [4.69, 9.17) is 9.40 Å². The Morgan fingerprint density at radius 2 is 2.13 bits per heavy atom. The standard InChI is InChI=1S/C23H29N3O3S2/c1-4-14(2)26-22(28)20-16-9-6-5-7-11-18(16)31-21(20)25-23(26)30-13-19(27)24-15(3)17-10-8-12-29-17/h8,10,12,14-15H,4-7,9,11,13H2,1-3H3,(H,24,27). The summed E-state index contributed by atoms with van der Waals surface area (Å²) in [5, 5.41) is 4.38. The molecule has 8 heteroatoms. The Labute approximate surface area is 190 Å². The number of rotatable bonds is 7. The summed E-state index contributed by atoms with van der Waals surface area (Å²) in [6.45, 7) is 6.00. The van der Waals surface area contributed by atoms with E-state index in [0.717, 1.165) is 41.7 Å². The summed E-state index contributed by atoms with van der Waals surface area (Å²) < 4.78 is 7.16. The largest absolute Gasteiger partial charge is 0.467 e. The van der Waals surface area contributed by atoms with Gasteiger partial charge in [0.1, 0.15) is 10.6 Å². The lowest BCUT2D eigenvalue weighted by Crippen LogP contribution is -2.29. The maximum Gasteiger partial charge on any atom is 0.263 e. The Bertz CT molecular complexity index is 1120. The number of thioether (sulfide) groups is 1. The molecule has 0 saturated carbocycles. The van der Waals surface area contributed by atoms with E-state index in [0.29, 0.717) is 5.16 Å². The minimum absolute atomic E-state index is 0.0262. The van der Waals surface area contributed by atoms with Crippen LogP contribution in [0, 0.1) is 0 Å². The van der Waals surface area contributed by atoms with Crippen molar-refractivity contribution < 1.29 is 9.21 Å². The molecule has 4 rings (SSSR count). The van der Waals surface area contributed by atoms with Gasteiger partial charge in [0.15, 0.2) is 5.16 Å².